The van der Waals surface area contributed by atoms with Crippen molar-refractivity contribution in [2.75, 3.05) is 38.7 Å². The van der Waals surface area contributed by atoms with Gasteiger partial charge < -0.3 is 24.6 Å². The third-order valence-electron chi connectivity index (χ3n) is 7.88. The summed E-state index contributed by atoms with van der Waals surface area (Å²) in [6.45, 7) is 3.04. The van der Waals surface area contributed by atoms with Gasteiger partial charge in [0.1, 0.15) is 17.6 Å². The van der Waals surface area contributed by atoms with Gasteiger partial charge >= 0.3 is 12.6 Å². The Morgan fingerprint density at radius 1 is 1.23 bits per heavy atom. The Morgan fingerprint density at radius 2 is 2.05 bits per heavy atom. The number of rotatable bonds is 14. The van der Waals surface area contributed by atoms with Crippen LogP contribution in [0.5, 0.6) is 5.75 Å². The summed E-state index contributed by atoms with van der Waals surface area (Å²) in [6, 6.07) is 7.78. The van der Waals surface area contributed by atoms with Gasteiger partial charge in [-0.3, -0.25) is 9.69 Å². The van der Waals surface area contributed by atoms with E-state index in [0.717, 1.165) is 56.6 Å². The Kier molecular flexibility index (Phi) is 10.3. The predicted octanol–water partition coefficient (Wildman–Crippen LogP) is 5.55. The smallest absolute Gasteiger partial charge is 0.387 e. The van der Waals surface area contributed by atoms with Crippen molar-refractivity contribution in [3.63, 3.8) is 0 Å². The average molecular weight is 562 g/mol. The largest absolute Gasteiger partial charge is 0.480 e. The number of likely N-dealkylation sites (tertiary alicyclic amines) is 1. The lowest BCUT2D eigenvalue weighted by atomic mass is 9.93. The molecule has 40 heavy (non-hydrogen) atoms. The molecule has 1 fully saturated rings. The number of aliphatic carboxylic acids is 1. The topological polar surface area (TPSA) is 93.2 Å². The molecule has 1 aromatic heterocycles. The number of halogens is 2. The third-order valence-corrected chi connectivity index (χ3v) is 7.88. The van der Waals surface area contributed by atoms with E-state index in [4.69, 9.17) is 19.2 Å². The fraction of sp³-hybridized carbons (Fsp3) is 0.600. The second-order valence-electron chi connectivity index (χ2n) is 11.0. The van der Waals surface area contributed by atoms with Gasteiger partial charge in [0.05, 0.1) is 11.7 Å². The lowest BCUT2D eigenvalue weighted by Crippen LogP contribution is -2.34. The van der Waals surface area contributed by atoms with E-state index in [2.05, 4.69) is 17.4 Å². The molecule has 0 aliphatic carbocycles. The number of nitrogens with one attached hydrogen (secondary N) is 1. The van der Waals surface area contributed by atoms with Gasteiger partial charge in [-0.25, -0.2) is 4.98 Å². The molecule has 4 rings (SSSR count). The standard InChI is InChI=1S/C30H41F2N3O5/c1-30(2,38-3)21-11-13-25(40-29(31)32)24(18-21)26(28(36)37)35-16-14-23(19-35)39-17-6-4-5-9-22-12-10-20-8-7-15-33-27(20)34-22/h10-13,18,23,26,29H,4-9,14-17,19H2,1-3H3,(H,33,34)(H,36,37)/t23-,26+/m1/s1. The number of carboxylic acid groups (broad SMARTS) is 1. The van der Waals surface area contributed by atoms with E-state index in [0.29, 0.717) is 31.7 Å². The molecule has 3 heterocycles. The quantitative estimate of drug-likeness (QED) is 0.290. The number of fused-ring (bicyclic) bond motifs is 1. The third kappa shape index (κ3) is 7.67. The summed E-state index contributed by atoms with van der Waals surface area (Å²) in [5.41, 5.74) is 2.52. The molecule has 2 aliphatic heterocycles. The van der Waals surface area contributed by atoms with Crippen LogP contribution in [0.4, 0.5) is 14.6 Å². The predicted molar refractivity (Wildman–Crippen MR) is 148 cm³/mol. The lowest BCUT2D eigenvalue weighted by molar-refractivity contribution is -0.143. The number of carbonyl (C=O) groups is 1. The van der Waals surface area contributed by atoms with E-state index < -0.39 is 24.2 Å². The molecule has 10 heteroatoms. The van der Waals surface area contributed by atoms with E-state index in [1.807, 2.05) is 13.8 Å². The second-order valence-corrected chi connectivity index (χ2v) is 11.0. The number of aryl methyl sites for hydroxylation is 2. The number of benzene rings is 1. The number of anilines is 1. The molecule has 1 saturated heterocycles. The Balaban J connectivity index is 1.29. The van der Waals surface area contributed by atoms with E-state index in [9.17, 15) is 18.7 Å². The van der Waals surface area contributed by atoms with E-state index in [-0.39, 0.29) is 17.4 Å². The molecule has 0 bridgehead atoms. The molecule has 0 saturated carbocycles. The first-order valence-electron chi connectivity index (χ1n) is 14.1. The molecular weight excluding hydrogens is 520 g/mol. The van der Waals surface area contributed by atoms with Gasteiger partial charge in [-0.15, -0.1) is 0 Å². The zero-order chi connectivity index (χ0) is 28.7. The number of hydrogen-bond donors (Lipinski definition) is 2. The number of methoxy groups -OCH3 is 1. The normalized spacial score (nSPS) is 18.4. The number of ether oxygens (including phenoxy) is 3. The summed E-state index contributed by atoms with van der Waals surface area (Å²) >= 11 is 0. The number of nitrogens with zero attached hydrogens (tertiary/aromatic N) is 2. The number of hydrogen-bond acceptors (Lipinski definition) is 7. The monoisotopic (exact) mass is 561 g/mol. The summed E-state index contributed by atoms with van der Waals surface area (Å²) in [6.07, 6.45) is 6.65. The molecule has 0 radical (unpaired) electrons. The second kappa shape index (κ2) is 13.7. The van der Waals surface area contributed by atoms with Crippen molar-refractivity contribution in [2.24, 2.45) is 0 Å². The van der Waals surface area contributed by atoms with E-state index in [1.54, 1.807) is 24.1 Å². The van der Waals surface area contributed by atoms with Gasteiger partial charge in [0.25, 0.3) is 0 Å². The first-order valence-corrected chi connectivity index (χ1v) is 14.1. The van der Waals surface area contributed by atoms with Gasteiger partial charge in [0.15, 0.2) is 0 Å². The molecule has 2 N–H and O–H groups in total. The maximum atomic E-state index is 13.2. The minimum absolute atomic E-state index is 0.117. The van der Waals surface area contributed by atoms with Crippen LogP contribution in [0.15, 0.2) is 30.3 Å². The molecule has 8 nitrogen and oxygen atoms in total. The molecule has 2 aliphatic rings. The fourth-order valence-corrected chi connectivity index (χ4v) is 5.41. The zero-order valence-corrected chi connectivity index (χ0v) is 23.6. The van der Waals surface area contributed by atoms with Crippen molar-refractivity contribution in [2.45, 2.75) is 83.2 Å². The van der Waals surface area contributed by atoms with E-state index in [1.165, 1.54) is 11.6 Å². The zero-order valence-electron chi connectivity index (χ0n) is 23.6. The SMILES string of the molecule is COC(C)(C)c1ccc(OC(F)F)c([C@@H](C(=O)O)N2CC[C@@H](OCCCCCc3ccc4c(n3)NCCC4)C2)c1. The van der Waals surface area contributed by atoms with Crippen molar-refractivity contribution in [1.29, 1.82) is 0 Å². The highest BCUT2D eigenvalue weighted by molar-refractivity contribution is 5.77. The van der Waals surface area contributed by atoms with Crippen molar-refractivity contribution in [1.82, 2.24) is 9.88 Å². The Bertz CT molecular complexity index is 1150. The summed E-state index contributed by atoms with van der Waals surface area (Å²) in [4.78, 5) is 18.9. The van der Waals surface area contributed by atoms with Gasteiger partial charge in [-0.05, 0) is 81.7 Å². The maximum absolute atomic E-state index is 13.2. The Labute approximate surface area is 235 Å². The number of pyridine rings is 1. The minimum atomic E-state index is -3.07. The van der Waals surface area contributed by atoms with Gasteiger partial charge in [0.2, 0.25) is 0 Å². The first-order chi connectivity index (χ1) is 19.2. The summed E-state index contributed by atoms with van der Waals surface area (Å²) in [5, 5.41) is 13.5. The molecule has 0 amide bonds. The summed E-state index contributed by atoms with van der Waals surface area (Å²) < 4.78 is 42.7. The molecule has 220 valence electrons. The summed E-state index contributed by atoms with van der Waals surface area (Å²) in [5.74, 6) is -0.246. The highest BCUT2D eigenvalue weighted by atomic mass is 19.3. The van der Waals surface area contributed by atoms with Crippen LogP contribution in [0, 0.1) is 0 Å². The van der Waals surface area contributed by atoms with Crippen LogP contribution in [0.2, 0.25) is 0 Å². The molecule has 2 aromatic rings. The van der Waals surface area contributed by atoms with E-state index >= 15 is 0 Å². The van der Waals surface area contributed by atoms with Crippen molar-refractivity contribution in [3.8, 4) is 5.75 Å². The molecule has 0 spiro atoms. The number of aromatic nitrogens is 1. The minimum Gasteiger partial charge on any atom is -0.480 e. The van der Waals surface area contributed by atoms with Crippen LogP contribution < -0.4 is 10.1 Å². The highest BCUT2D eigenvalue weighted by Crippen LogP contribution is 2.37. The van der Waals surface area contributed by atoms with Crippen molar-refractivity contribution in [3.05, 3.63) is 52.7 Å². The van der Waals surface area contributed by atoms with Crippen LogP contribution in [-0.4, -0.2) is 67.0 Å². The number of unbranched alkanes of at least 4 members (excludes halogenated alkanes) is 2. The molecule has 0 unspecified atom stereocenters. The van der Waals surface area contributed by atoms with Crippen LogP contribution >= 0.6 is 0 Å². The summed E-state index contributed by atoms with van der Waals surface area (Å²) in [7, 11) is 1.54. The lowest BCUT2D eigenvalue weighted by Gasteiger charge is -2.29. The first kappa shape index (κ1) is 30.1. The number of alkyl halides is 2. The van der Waals surface area contributed by atoms with Gasteiger partial charge in [-0.1, -0.05) is 18.6 Å². The van der Waals surface area contributed by atoms with Gasteiger partial charge in [-0.2, -0.15) is 8.78 Å². The van der Waals surface area contributed by atoms with Gasteiger partial charge in [0, 0.05) is 44.6 Å². The maximum Gasteiger partial charge on any atom is 0.387 e. The Hall–Kier alpha value is -2.82. The molecule has 1 aromatic carbocycles. The molecule has 2 atom stereocenters. The van der Waals surface area contributed by atoms with Crippen molar-refractivity contribution >= 4 is 11.8 Å². The van der Waals surface area contributed by atoms with Crippen molar-refractivity contribution < 1.29 is 32.9 Å². The fourth-order valence-electron chi connectivity index (χ4n) is 5.41. The van der Waals surface area contributed by atoms with Crippen LogP contribution in [-0.2, 0) is 32.7 Å². The van der Waals surface area contributed by atoms with Crippen LogP contribution in [0.1, 0.15) is 74.4 Å². The number of carboxylic acids is 1. The Morgan fingerprint density at radius 3 is 2.80 bits per heavy atom. The van der Waals surface area contributed by atoms with Crippen LogP contribution in [0.3, 0.4) is 0 Å². The average Bonchev–Trinajstić information content (AvgIpc) is 3.39. The van der Waals surface area contributed by atoms with Crippen LogP contribution in [0.25, 0.3) is 0 Å². The highest BCUT2D eigenvalue weighted by Gasteiger charge is 2.37. The molecular formula is C30H41F2N3O5.